The van der Waals surface area contributed by atoms with Crippen molar-refractivity contribution in [3.63, 3.8) is 0 Å². The number of anilines is 1. The highest BCUT2D eigenvalue weighted by molar-refractivity contribution is 8.01. The van der Waals surface area contributed by atoms with Crippen molar-refractivity contribution in [2.75, 3.05) is 12.0 Å². The summed E-state index contributed by atoms with van der Waals surface area (Å²) in [4.78, 5) is 18.8. The minimum absolute atomic E-state index is 0.00385. The zero-order chi connectivity index (χ0) is 17.6. The van der Waals surface area contributed by atoms with E-state index in [4.69, 9.17) is 20.8 Å². The highest BCUT2D eigenvalue weighted by Gasteiger charge is 2.42. The Labute approximate surface area is 153 Å². The zero-order valence-corrected chi connectivity index (χ0v) is 15.2. The van der Waals surface area contributed by atoms with Crippen LogP contribution in [0.3, 0.4) is 0 Å². The van der Waals surface area contributed by atoms with Gasteiger partial charge in [0.2, 0.25) is 11.8 Å². The average Bonchev–Trinajstić information content (AvgIpc) is 3.22. The largest absolute Gasteiger partial charge is 0.497 e. The van der Waals surface area contributed by atoms with Crippen LogP contribution in [0.4, 0.5) is 5.88 Å². The number of hydrogen-bond donors (Lipinski definition) is 0. The van der Waals surface area contributed by atoms with Gasteiger partial charge in [-0.3, -0.25) is 9.69 Å². The second-order valence-electron chi connectivity index (χ2n) is 5.72. The molecule has 1 aliphatic heterocycles. The minimum Gasteiger partial charge on any atom is -0.497 e. The molecule has 1 aromatic carbocycles. The molecule has 4 rings (SSSR count). The molecule has 2 aromatic heterocycles. The van der Waals surface area contributed by atoms with E-state index in [1.165, 1.54) is 11.8 Å². The SMILES string of the molecule is COc1ccc2cc([C@H]3S[C@@H](C)C(=O)N3c3ccco3)c(Cl)nc2c1. The number of hydrogen-bond acceptors (Lipinski definition) is 5. The molecule has 1 fully saturated rings. The van der Waals surface area contributed by atoms with Gasteiger partial charge in [-0.1, -0.05) is 11.6 Å². The predicted octanol–water partition coefficient (Wildman–Crippen LogP) is 4.66. The van der Waals surface area contributed by atoms with Gasteiger partial charge >= 0.3 is 0 Å². The fourth-order valence-corrected chi connectivity index (χ4v) is 4.49. The number of benzene rings is 1. The fourth-order valence-electron chi connectivity index (χ4n) is 2.91. The van der Waals surface area contributed by atoms with Crippen molar-refractivity contribution >= 4 is 46.1 Å². The van der Waals surface area contributed by atoms with Crippen molar-refractivity contribution in [3.05, 3.63) is 53.4 Å². The maximum atomic E-state index is 12.6. The Balaban J connectivity index is 1.82. The molecule has 5 nitrogen and oxygen atoms in total. The molecule has 0 N–H and O–H groups in total. The van der Waals surface area contributed by atoms with Crippen LogP contribution in [0.5, 0.6) is 5.75 Å². The summed E-state index contributed by atoms with van der Waals surface area (Å²) in [5, 5.41) is 0.849. The second kappa shape index (κ2) is 6.28. The van der Waals surface area contributed by atoms with Gasteiger partial charge in [-0.25, -0.2) is 4.98 Å². The van der Waals surface area contributed by atoms with E-state index in [1.807, 2.05) is 31.2 Å². The normalized spacial score (nSPS) is 20.4. The lowest BCUT2D eigenvalue weighted by atomic mass is 10.1. The van der Waals surface area contributed by atoms with Crippen LogP contribution in [-0.2, 0) is 4.79 Å². The van der Waals surface area contributed by atoms with Crippen molar-refractivity contribution in [2.45, 2.75) is 17.5 Å². The molecule has 0 aliphatic carbocycles. The van der Waals surface area contributed by atoms with Crippen LogP contribution < -0.4 is 9.64 Å². The number of thioether (sulfide) groups is 1. The number of nitrogens with zero attached hydrogens (tertiary/aromatic N) is 2. The van der Waals surface area contributed by atoms with E-state index in [-0.39, 0.29) is 16.5 Å². The quantitative estimate of drug-likeness (QED) is 0.624. The number of carbonyl (C=O) groups is 1. The smallest absolute Gasteiger partial charge is 0.243 e. The molecule has 0 saturated carbocycles. The summed E-state index contributed by atoms with van der Waals surface area (Å²) in [6.45, 7) is 1.89. The van der Waals surface area contributed by atoms with E-state index < -0.39 is 0 Å². The molecular formula is C18H15ClN2O3S. The standard InChI is InChI=1S/C18H15ClN2O3S/c1-10-17(22)21(15-4-3-7-24-15)18(25-10)13-8-11-5-6-12(23-2)9-14(11)20-16(13)19/h3-10,18H,1-2H3/t10-,18+/m0/s1. The van der Waals surface area contributed by atoms with Gasteiger partial charge in [0, 0.05) is 23.1 Å². The van der Waals surface area contributed by atoms with Crippen molar-refractivity contribution in [3.8, 4) is 5.75 Å². The number of amides is 1. The number of carbonyl (C=O) groups excluding carboxylic acids is 1. The molecule has 7 heteroatoms. The zero-order valence-electron chi connectivity index (χ0n) is 13.6. The Bertz CT molecular complexity index is 945. The maximum Gasteiger partial charge on any atom is 0.243 e. The van der Waals surface area contributed by atoms with Crippen LogP contribution in [0.1, 0.15) is 17.9 Å². The average molecular weight is 375 g/mol. The molecule has 1 amide bonds. The summed E-state index contributed by atoms with van der Waals surface area (Å²) >= 11 is 8.00. The van der Waals surface area contributed by atoms with Gasteiger partial charge in [0.15, 0.2) is 0 Å². The first kappa shape index (κ1) is 16.3. The molecule has 128 valence electrons. The summed E-state index contributed by atoms with van der Waals surface area (Å²) in [6, 6.07) is 11.2. The lowest BCUT2D eigenvalue weighted by Gasteiger charge is -2.22. The van der Waals surface area contributed by atoms with Crippen molar-refractivity contribution < 1.29 is 13.9 Å². The summed E-state index contributed by atoms with van der Waals surface area (Å²) < 4.78 is 10.7. The first-order valence-corrected chi connectivity index (χ1v) is 9.07. The first-order valence-electron chi connectivity index (χ1n) is 7.74. The molecule has 1 aliphatic rings. The van der Waals surface area contributed by atoms with Gasteiger partial charge in [0.05, 0.1) is 24.1 Å². The molecule has 2 atom stereocenters. The lowest BCUT2D eigenvalue weighted by Crippen LogP contribution is -2.29. The van der Waals surface area contributed by atoms with Gasteiger partial charge in [0.1, 0.15) is 16.3 Å². The van der Waals surface area contributed by atoms with E-state index in [0.29, 0.717) is 11.0 Å². The third-order valence-corrected chi connectivity index (χ3v) is 5.80. The van der Waals surface area contributed by atoms with Crippen molar-refractivity contribution in [1.29, 1.82) is 0 Å². The summed E-state index contributed by atoms with van der Waals surface area (Å²) in [5.74, 6) is 1.23. The van der Waals surface area contributed by atoms with E-state index >= 15 is 0 Å². The summed E-state index contributed by atoms with van der Waals surface area (Å²) in [6.07, 6.45) is 1.56. The molecule has 0 unspecified atom stereocenters. The monoisotopic (exact) mass is 374 g/mol. The van der Waals surface area contributed by atoms with Crippen molar-refractivity contribution in [1.82, 2.24) is 4.98 Å². The Kier molecular flexibility index (Phi) is 4.09. The Morgan fingerprint density at radius 1 is 1.32 bits per heavy atom. The number of pyridine rings is 1. The highest BCUT2D eigenvalue weighted by Crippen LogP contribution is 2.47. The van der Waals surface area contributed by atoms with Gasteiger partial charge in [0.25, 0.3) is 0 Å². The molecule has 3 aromatic rings. The highest BCUT2D eigenvalue weighted by atomic mass is 35.5. The summed E-state index contributed by atoms with van der Waals surface area (Å²) in [5.41, 5.74) is 1.54. The Hall–Kier alpha value is -2.18. The van der Waals surface area contributed by atoms with Crippen LogP contribution >= 0.6 is 23.4 Å². The third kappa shape index (κ3) is 2.75. The van der Waals surface area contributed by atoms with Gasteiger partial charge in [-0.2, -0.15) is 0 Å². The number of rotatable bonds is 3. The number of aromatic nitrogens is 1. The van der Waals surface area contributed by atoms with E-state index in [1.54, 1.807) is 30.4 Å². The van der Waals surface area contributed by atoms with Crippen molar-refractivity contribution in [2.24, 2.45) is 0 Å². The number of ether oxygens (including phenoxy) is 1. The van der Waals surface area contributed by atoms with Gasteiger partial charge < -0.3 is 9.15 Å². The maximum absolute atomic E-state index is 12.6. The predicted molar refractivity (Wildman–Crippen MR) is 99.3 cm³/mol. The van der Waals surface area contributed by atoms with Crippen LogP contribution in [0.25, 0.3) is 10.9 Å². The van der Waals surface area contributed by atoms with E-state index in [9.17, 15) is 4.79 Å². The number of fused-ring (bicyclic) bond motifs is 1. The van der Waals surface area contributed by atoms with Crippen LogP contribution in [0, 0.1) is 0 Å². The summed E-state index contributed by atoms with van der Waals surface area (Å²) in [7, 11) is 1.61. The lowest BCUT2D eigenvalue weighted by molar-refractivity contribution is -0.117. The van der Waals surface area contributed by atoms with E-state index in [0.717, 1.165) is 22.2 Å². The molecule has 3 heterocycles. The molecular weight excluding hydrogens is 360 g/mol. The Morgan fingerprint density at radius 3 is 2.88 bits per heavy atom. The van der Waals surface area contributed by atoms with Gasteiger partial charge in [-0.15, -0.1) is 11.8 Å². The van der Waals surface area contributed by atoms with Crippen LogP contribution in [-0.4, -0.2) is 23.3 Å². The van der Waals surface area contributed by atoms with E-state index in [2.05, 4.69) is 4.98 Å². The second-order valence-corrected chi connectivity index (χ2v) is 7.50. The molecule has 25 heavy (non-hydrogen) atoms. The first-order chi connectivity index (χ1) is 12.1. The molecule has 0 radical (unpaired) electrons. The number of furan rings is 1. The number of halogens is 1. The molecule has 0 bridgehead atoms. The molecule has 0 spiro atoms. The van der Waals surface area contributed by atoms with Crippen LogP contribution in [0.15, 0.2) is 47.1 Å². The van der Waals surface area contributed by atoms with Gasteiger partial charge in [-0.05, 0) is 31.2 Å². The topological polar surface area (TPSA) is 55.6 Å². The Morgan fingerprint density at radius 2 is 2.16 bits per heavy atom. The minimum atomic E-state index is -0.278. The third-order valence-electron chi connectivity index (χ3n) is 4.17. The van der Waals surface area contributed by atoms with Crippen LogP contribution in [0.2, 0.25) is 5.15 Å². The molecule has 1 saturated heterocycles. The fraction of sp³-hybridized carbons (Fsp3) is 0.222. The number of methoxy groups -OCH3 is 1.